The van der Waals surface area contributed by atoms with E-state index in [0.717, 1.165) is 18.6 Å². The molecule has 4 nitrogen and oxygen atoms in total. The summed E-state index contributed by atoms with van der Waals surface area (Å²) in [5, 5.41) is 9.34. The summed E-state index contributed by atoms with van der Waals surface area (Å²) in [5.41, 5.74) is 3.67. The predicted molar refractivity (Wildman–Crippen MR) is 97.3 cm³/mol. The Morgan fingerprint density at radius 3 is 2.84 bits per heavy atom. The Bertz CT molecular complexity index is 647. The number of hydrogen-bond acceptors (Lipinski definition) is 3. The molecule has 0 saturated heterocycles. The maximum absolute atomic E-state index is 10.7. The first kappa shape index (κ1) is 18.3. The maximum atomic E-state index is 10.7. The van der Waals surface area contributed by atoms with Gasteiger partial charge >= 0.3 is 5.97 Å². The van der Waals surface area contributed by atoms with Gasteiger partial charge < -0.3 is 14.6 Å². The summed E-state index contributed by atoms with van der Waals surface area (Å²) in [4.78, 5) is 10.7. The third-order valence-corrected chi connectivity index (χ3v) is 5.49. The summed E-state index contributed by atoms with van der Waals surface area (Å²) in [6, 6.07) is 5.49. The molecule has 1 aliphatic carbocycles. The van der Waals surface area contributed by atoms with Gasteiger partial charge in [-0.3, -0.25) is 4.79 Å². The van der Waals surface area contributed by atoms with Crippen molar-refractivity contribution in [2.24, 2.45) is 5.92 Å². The van der Waals surface area contributed by atoms with E-state index in [4.69, 9.17) is 26.2 Å². The van der Waals surface area contributed by atoms with Gasteiger partial charge in [-0.15, -0.1) is 0 Å². The van der Waals surface area contributed by atoms with Crippen LogP contribution in [-0.2, 0) is 16.0 Å². The molecule has 1 aliphatic heterocycles. The Kier molecular flexibility index (Phi) is 6.38. The lowest BCUT2D eigenvalue weighted by molar-refractivity contribution is -0.136. The lowest BCUT2D eigenvalue weighted by Crippen LogP contribution is -2.20. The monoisotopic (exact) mass is 364 g/mol. The molecule has 1 N–H and O–H groups in total. The van der Waals surface area contributed by atoms with Crippen molar-refractivity contribution in [2.75, 3.05) is 19.8 Å². The van der Waals surface area contributed by atoms with Crippen molar-refractivity contribution in [2.45, 2.75) is 44.9 Å². The Morgan fingerprint density at radius 2 is 2.12 bits per heavy atom. The van der Waals surface area contributed by atoms with Crippen LogP contribution in [0.3, 0.4) is 0 Å². The van der Waals surface area contributed by atoms with Crippen LogP contribution in [0.4, 0.5) is 0 Å². The molecule has 0 aromatic heterocycles. The van der Waals surface area contributed by atoms with E-state index in [2.05, 4.69) is 0 Å². The average Bonchev–Trinajstić information content (AvgIpc) is 3.13. The van der Waals surface area contributed by atoms with Crippen molar-refractivity contribution in [3.63, 3.8) is 0 Å². The number of rotatable bonds is 7. The second-order valence-corrected chi connectivity index (χ2v) is 7.26. The van der Waals surface area contributed by atoms with Crippen LogP contribution < -0.4 is 4.74 Å². The fourth-order valence-corrected chi connectivity index (χ4v) is 4.05. The number of carboxylic acid groups (broad SMARTS) is 1. The topological polar surface area (TPSA) is 55.8 Å². The van der Waals surface area contributed by atoms with Gasteiger partial charge in [0.1, 0.15) is 12.4 Å². The number of hydrogen-bond donors (Lipinski definition) is 1. The van der Waals surface area contributed by atoms with E-state index in [1.165, 1.54) is 31.3 Å². The zero-order valence-corrected chi connectivity index (χ0v) is 15.2. The molecule has 1 heterocycles. The van der Waals surface area contributed by atoms with Gasteiger partial charge in [0.2, 0.25) is 0 Å². The second-order valence-electron chi connectivity index (χ2n) is 6.85. The molecule has 0 bridgehead atoms. The molecule has 3 rings (SSSR count). The third kappa shape index (κ3) is 4.99. The molecule has 0 atom stereocenters. The van der Waals surface area contributed by atoms with Crippen LogP contribution in [-0.4, -0.2) is 30.9 Å². The summed E-state index contributed by atoms with van der Waals surface area (Å²) >= 11 is 6.26. The van der Waals surface area contributed by atoms with Crippen molar-refractivity contribution in [1.82, 2.24) is 0 Å². The number of aliphatic carboxylic acids is 1. The molecule has 0 spiro atoms. The van der Waals surface area contributed by atoms with Crippen molar-refractivity contribution >= 4 is 17.6 Å². The number of carboxylic acids is 1. The molecule has 0 unspecified atom stereocenters. The zero-order valence-electron chi connectivity index (χ0n) is 14.4. The fraction of sp³-hybridized carbons (Fsp3) is 0.550. The van der Waals surface area contributed by atoms with Gasteiger partial charge in [-0.2, -0.15) is 0 Å². The molecule has 0 radical (unpaired) electrons. The number of aryl methyl sites for hydroxylation is 1. The van der Waals surface area contributed by atoms with Crippen LogP contribution in [0.15, 0.2) is 29.3 Å². The molecule has 2 aliphatic rings. The molecule has 0 amide bonds. The Hall–Kier alpha value is -1.52. The number of carbonyl (C=O) groups is 1. The highest BCUT2D eigenvalue weighted by atomic mass is 35.5. The molecular weight excluding hydrogens is 340 g/mol. The van der Waals surface area contributed by atoms with E-state index in [-0.39, 0.29) is 6.42 Å². The summed E-state index contributed by atoms with van der Waals surface area (Å²) < 4.78 is 11.6. The molecule has 136 valence electrons. The Labute approximate surface area is 153 Å². The molecule has 1 aromatic rings. The lowest BCUT2D eigenvalue weighted by Gasteiger charge is -2.25. The highest BCUT2D eigenvalue weighted by molar-refractivity contribution is 6.31. The average molecular weight is 365 g/mol. The van der Waals surface area contributed by atoms with E-state index in [0.29, 0.717) is 36.3 Å². The first-order valence-electron chi connectivity index (χ1n) is 9.05. The minimum absolute atomic E-state index is 0.0783. The maximum Gasteiger partial charge on any atom is 0.303 e. The number of halogens is 1. The minimum atomic E-state index is -0.819. The van der Waals surface area contributed by atoms with Gasteiger partial charge in [0.15, 0.2) is 0 Å². The van der Waals surface area contributed by atoms with Crippen molar-refractivity contribution < 1.29 is 19.4 Å². The minimum Gasteiger partial charge on any atom is -0.489 e. The highest BCUT2D eigenvalue weighted by Gasteiger charge is 2.24. The van der Waals surface area contributed by atoms with E-state index in [9.17, 15) is 4.79 Å². The van der Waals surface area contributed by atoms with E-state index in [1.54, 1.807) is 11.6 Å². The van der Waals surface area contributed by atoms with Crippen LogP contribution in [0, 0.1) is 5.92 Å². The number of ether oxygens (including phenoxy) is 2. The van der Waals surface area contributed by atoms with Crippen LogP contribution >= 0.6 is 11.6 Å². The standard InChI is InChI=1S/C20H25ClO4/c21-19-11-17(7-5-15(19)6-8-20(22)23)25-13-16-12-24-10-9-18(16)14-3-1-2-4-14/h5,7,11,14H,1-4,6,8-10,12-13H2,(H,22,23). The Morgan fingerprint density at radius 1 is 1.32 bits per heavy atom. The van der Waals surface area contributed by atoms with Crippen LogP contribution in [0.5, 0.6) is 5.75 Å². The molecular formula is C20H25ClO4. The van der Waals surface area contributed by atoms with Gasteiger partial charge in [0.25, 0.3) is 0 Å². The van der Waals surface area contributed by atoms with Crippen molar-refractivity contribution in [3.8, 4) is 5.75 Å². The summed E-state index contributed by atoms with van der Waals surface area (Å²) in [6.07, 6.45) is 6.78. The van der Waals surface area contributed by atoms with E-state index < -0.39 is 5.97 Å². The van der Waals surface area contributed by atoms with Crippen molar-refractivity contribution in [3.05, 3.63) is 39.9 Å². The molecule has 1 saturated carbocycles. The van der Waals surface area contributed by atoms with Crippen LogP contribution in [0.2, 0.25) is 5.02 Å². The number of benzene rings is 1. The first-order chi connectivity index (χ1) is 12.1. The summed E-state index contributed by atoms with van der Waals surface area (Å²) in [7, 11) is 0. The highest BCUT2D eigenvalue weighted by Crippen LogP contribution is 2.36. The Balaban J connectivity index is 1.63. The third-order valence-electron chi connectivity index (χ3n) is 5.14. The van der Waals surface area contributed by atoms with Gasteiger partial charge in [0, 0.05) is 11.4 Å². The van der Waals surface area contributed by atoms with Gasteiger partial charge in [-0.25, -0.2) is 0 Å². The molecule has 5 heteroatoms. The van der Waals surface area contributed by atoms with E-state index >= 15 is 0 Å². The second kappa shape index (κ2) is 8.72. The molecule has 25 heavy (non-hydrogen) atoms. The van der Waals surface area contributed by atoms with E-state index in [1.807, 2.05) is 12.1 Å². The van der Waals surface area contributed by atoms with Gasteiger partial charge in [-0.1, -0.05) is 36.1 Å². The molecule has 1 aromatic carbocycles. The fourth-order valence-electron chi connectivity index (χ4n) is 3.78. The smallest absolute Gasteiger partial charge is 0.303 e. The quantitative estimate of drug-likeness (QED) is 0.716. The normalized spacial score (nSPS) is 18.6. The summed E-state index contributed by atoms with van der Waals surface area (Å²) in [6.45, 7) is 2.02. The van der Waals surface area contributed by atoms with Gasteiger partial charge in [0.05, 0.1) is 13.2 Å². The lowest BCUT2D eigenvalue weighted by atomic mass is 9.89. The first-order valence-corrected chi connectivity index (χ1v) is 9.43. The predicted octanol–water partition coefficient (Wildman–Crippen LogP) is 4.64. The largest absolute Gasteiger partial charge is 0.489 e. The van der Waals surface area contributed by atoms with Gasteiger partial charge in [-0.05, 0) is 54.9 Å². The molecule has 1 fully saturated rings. The van der Waals surface area contributed by atoms with Crippen LogP contribution in [0.1, 0.15) is 44.1 Å². The van der Waals surface area contributed by atoms with Crippen molar-refractivity contribution in [1.29, 1.82) is 0 Å². The zero-order chi connectivity index (χ0) is 17.6. The SMILES string of the molecule is O=C(O)CCc1ccc(OCC2=C(C3CCCC3)CCOC2)cc1Cl. The summed E-state index contributed by atoms with van der Waals surface area (Å²) in [5.74, 6) is 0.609. The van der Waals surface area contributed by atoms with Crippen LogP contribution in [0.25, 0.3) is 0 Å².